The zero-order chi connectivity index (χ0) is 31.9. The van der Waals surface area contributed by atoms with Gasteiger partial charge in [0.25, 0.3) is 0 Å². The van der Waals surface area contributed by atoms with Crippen molar-refractivity contribution in [2.45, 2.75) is 0 Å². The lowest BCUT2D eigenvalue weighted by Crippen LogP contribution is -2.00. The maximum absolute atomic E-state index is 5.26. The van der Waals surface area contributed by atoms with Gasteiger partial charge in [-0.15, -0.1) is 0 Å². The molecule has 0 aliphatic carbocycles. The van der Waals surface area contributed by atoms with Crippen LogP contribution in [-0.4, -0.2) is 24.9 Å². The summed E-state index contributed by atoms with van der Waals surface area (Å²) >= 11 is 0. The second kappa shape index (κ2) is 11.6. The molecule has 0 unspecified atom stereocenters. The van der Waals surface area contributed by atoms with Gasteiger partial charge in [-0.1, -0.05) is 152 Å². The lowest BCUT2D eigenvalue weighted by atomic mass is 9.96. The zero-order valence-corrected chi connectivity index (χ0v) is 25.8. The van der Waals surface area contributed by atoms with E-state index in [-0.39, 0.29) is 0 Å². The monoisotopic (exact) mass is 613 g/mol. The summed E-state index contributed by atoms with van der Waals surface area (Å²) in [6.45, 7) is 0. The summed E-state index contributed by atoms with van der Waals surface area (Å²) in [5.74, 6) is 2.59. The van der Waals surface area contributed by atoms with Gasteiger partial charge in [0.1, 0.15) is 0 Å². The maximum atomic E-state index is 5.26. The van der Waals surface area contributed by atoms with E-state index in [1.54, 1.807) is 0 Å². The van der Waals surface area contributed by atoms with E-state index in [0.717, 1.165) is 55.2 Å². The summed E-state index contributed by atoms with van der Waals surface area (Å²) < 4.78 is 0. The molecular formula is C43H27N5. The van der Waals surface area contributed by atoms with Gasteiger partial charge in [-0.2, -0.15) is 0 Å². The number of hydrogen-bond donors (Lipinski definition) is 0. The van der Waals surface area contributed by atoms with Gasteiger partial charge >= 0.3 is 0 Å². The van der Waals surface area contributed by atoms with Gasteiger partial charge in [0.05, 0.1) is 11.2 Å². The van der Waals surface area contributed by atoms with Crippen LogP contribution in [0.3, 0.4) is 0 Å². The van der Waals surface area contributed by atoms with Crippen molar-refractivity contribution in [2.24, 2.45) is 0 Å². The first-order valence-corrected chi connectivity index (χ1v) is 15.9. The Balaban J connectivity index is 1.18. The van der Waals surface area contributed by atoms with Crippen molar-refractivity contribution in [2.75, 3.05) is 0 Å². The van der Waals surface area contributed by atoms with Crippen LogP contribution in [-0.2, 0) is 0 Å². The summed E-state index contributed by atoms with van der Waals surface area (Å²) in [5.41, 5.74) is 6.56. The topological polar surface area (TPSA) is 64.5 Å². The molecule has 0 spiro atoms. The van der Waals surface area contributed by atoms with E-state index in [0.29, 0.717) is 23.3 Å². The van der Waals surface area contributed by atoms with Gasteiger partial charge < -0.3 is 0 Å². The van der Waals surface area contributed by atoms with Crippen molar-refractivity contribution in [1.29, 1.82) is 0 Å². The molecule has 0 saturated heterocycles. The number of benzene rings is 7. The molecule has 2 heterocycles. The number of fused-ring (bicyclic) bond motifs is 4. The smallest absolute Gasteiger partial charge is 0.164 e. The van der Waals surface area contributed by atoms with Gasteiger partial charge in [0.2, 0.25) is 0 Å². The Bertz CT molecular complexity index is 2540. The van der Waals surface area contributed by atoms with Crippen molar-refractivity contribution in [3.63, 3.8) is 0 Å². The third-order valence-corrected chi connectivity index (χ3v) is 8.73. The molecule has 0 aliphatic rings. The second-order valence-electron chi connectivity index (χ2n) is 11.7. The third kappa shape index (κ3) is 4.95. The molecular weight excluding hydrogens is 587 g/mol. The van der Waals surface area contributed by atoms with Crippen LogP contribution < -0.4 is 0 Å². The van der Waals surface area contributed by atoms with E-state index in [2.05, 4.69) is 91.0 Å². The Hall–Kier alpha value is -6.59. The Morgan fingerprint density at radius 3 is 1.42 bits per heavy atom. The van der Waals surface area contributed by atoms with Gasteiger partial charge in [0.15, 0.2) is 23.3 Å². The van der Waals surface area contributed by atoms with Crippen molar-refractivity contribution in [3.05, 3.63) is 164 Å². The average Bonchev–Trinajstić information content (AvgIpc) is 3.18. The SMILES string of the molecule is c1ccc(-c2nc(-c3ccccc3)nc(-c3ccc(-c4nc(-c5cc6ccccc6c6ccccc56)nc5ccccc45)cc3)n2)cc1. The highest BCUT2D eigenvalue weighted by Crippen LogP contribution is 2.36. The van der Waals surface area contributed by atoms with Crippen LogP contribution in [0.2, 0.25) is 0 Å². The van der Waals surface area contributed by atoms with Crippen LogP contribution in [0.15, 0.2) is 164 Å². The van der Waals surface area contributed by atoms with E-state index >= 15 is 0 Å². The molecule has 7 aromatic carbocycles. The quantitative estimate of drug-likeness (QED) is 0.181. The fourth-order valence-corrected chi connectivity index (χ4v) is 6.37. The highest BCUT2D eigenvalue weighted by atomic mass is 15.0. The van der Waals surface area contributed by atoms with Crippen molar-refractivity contribution in [3.8, 4) is 56.8 Å². The van der Waals surface area contributed by atoms with E-state index in [1.807, 2.05) is 72.8 Å². The van der Waals surface area contributed by atoms with Crippen LogP contribution in [0.25, 0.3) is 89.3 Å². The Kier molecular flexibility index (Phi) is 6.72. The first-order valence-electron chi connectivity index (χ1n) is 15.9. The highest BCUT2D eigenvalue weighted by molar-refractivity contribution is 6.13. The lowest BCUT2D eigenvalue weighted by molar-refractivity contribution is 1.07. The normalized spacial score (nSPS) is 11.3. The molecule has 9 aromatic rings. The van der Waals surface area contributed by atoms with Gasteiger partial charge in [-0.3, -0.25) is 0 Å². The molecule has 5 heteroatoms. The fourth-order valence-electron chi connectivity index (χ4n) is 6.37. The molecule has 48 heavy (non-hydrogen) atoms. The molecule has 0 saturated carbocycles. The summed E-state index contributed by atoms with van der Waals surface area (Å²) in [4.78, 5) is 25.0. The molecule has 5 nitrogen and oxygen atoms in total. The standard InChI is InChI=1S/C43H27N5/c1-3-13-29(14-4-1)40-46-41(30-15-5-2-6-16-30)48-42(47-40)31-25-23-28(24-26-31)39-36-21-11-12-22-38(36)44-43(45-39)37-27-32-17-7-8-18-33(32)34-19-9-10-20-35(34)37/h1-27H. The summed E-state index contributed by atoms with van der Waals surface area (Å²) in [6, 6.07) is 55.8. The predicted octanol–water partition coefficient (Wildman–Crippen LogP) is 10.5. The molecule has 2 aromatic heterocycles. The molecule has 0 atom stereocenters. The number of rotatable bonds is 5. The summed E-state index contributed by atoms with van der Waals surface area (Å²) in [6.07, 6.45) is 0. The van der Waals surface area contributed by atoms with E-state index in [4.69, 9.17) is 24.9 Å². The number of nitrogens with zero attached hydrogens (tertiary/aromatic N) is 5. The van der Waals surface area contributed by atoms with Gasteiger partial charge in [-0.25, -0.2) is 24.9 Å². The first kappa shape index (κ1) is 27.7. The second-order valence-corrected chi connectivity index (χ2v) is 11.7. The molecule has 0 radical (unpaired) electrons. The first-order chi connectivity index (χ1) is 23.8. The Morgan fingerprint density at radius 2 is 0.771 bits per heavy atom. The molecule has 0 bridgehead atoms. The number of hydrogen-bond acceptors (Lipinski definition) is 5. The van der Waals surface area contributed by atoms with Crippen LogP contribution in [0.5, 0.6) is 0 Å². The van der Waals surface area contributed by atoms with Crippen LogP contribution in [0.1, 0.15) is 0 Å². The molecule has 0 N–H and O–H groups in total. The zero-order valence-electron chi connectivity index (χ0n) is 25.8. The van der Waals surface area contributed by atoms with Crippen molar-refractivity contribution < 1.29 is 0 Å². The van der Waals surface area contributed by atoms with Gasteiger partial charge in [0, 0.05) is 33.2 Å². The lowest BCUT2D eigenvalue weighted by Gasteiger charge is -2.13. The predicted molar refractivity (Wildman–Crippen MR) is 195 cm³/mol. The maximum Gasteiger partial charge on any atom is 0.164 e. The minimum absolute atomic E-state index is 0.616. The number of para-hydroxylation sites is 1. The van der Waals surface area contributed by atoms with Crippen molar-refractivity contribution in [1.82, 2.24) is 24.9 Å². The molecule has 0 aliphatic heterocycles. The van der Waals surface area contributed by atoms with E-state index in [1.165, 1.54) is 10.8 Å². The van der Waals surface area contributed by atoms with Crippen molar-refractivity contribution >= 4 is 32.4 Å². The highest BCUT2D eigenvalue weighted by Gasteiger charge is 2.16. The van der Waals surface area contributed by atoms with Gasteiger partial charge in [-0.05, 0) is 33.7 Å². The van der Waals surface area contributed by atoms with E-state index < -0.39 is 0 Å². The third-order valence-electron chi connectivity index (χ3n) is 8.73. The minimum Gasteiger partial charge on any atom is -0.228 e. The molecule has 224 valence electrons. The summed E-state index contributed by atoms with van der Waals surface area (Å²) in [7, 11) is 0. The summed E-state index contributed by atoms with van der Waals surface area (Å²) in [5, 5.41) is 5.70. The number of aromatic nitrogens is 5. The van der Waals surface area contributed by atoms with Crippen LogP contribution in [0.4, 0.5) is 0 Å². The molecule has 0 fully saturated rings. The Labute approximate surface area is 277 Å². The fraction of sp³-hybridized carbons (Fsp3) is 0. The molecule has 9 rings (SSSR count). The van der Waals surface area contributed by atoms with Crippen LogP contribution in [0, 0.1) is 0 Å². The Morgan fingerprint density at radius 1 is 0.292 bits per heavy atom. The largest absolute Gasteiger partial charge is 0.228 e. The molecule has 0 amide bonds. The minimum atomic E-state index is 0.616. The average molecular weight is 614 g/mol. The van der Waals surface area contributed by atoms with Crippen LogP contribution >= 0.6 is 0 Å². The van der Waals surface area contributed by atoms with E-state index in [9.17, 15) is 0 Å².